The fraction of sp³-hybridized carbons (Fsp3) is 0.250. The van der Waals surface area contributed by atoms with E-state index in [0.717, 1.165) is 18.4 Å². The molecule has 0 saturated heterocycles. The van der Waals surface area contributed by atoms with Crippen LogP contribution in [-0.4, -0.2) is 24.1 Å². The second kappa shape index (κ2) is 7.68. The zero-order valence-electron chi connectivity index (χ0n) is 13.9. The number of hydrogen-bond donors (Lipinski definition) is 3. The predicted molar refractivity (Wildman–Crippen MR) is 98.3 cm³/mol. The van der Waals surface area contributed by atoms with Crippen LogP contribution in [0.25, 0.3) is 10.9 Å². The van der Waals surface area contributed by atoms with Gasteiger partial charge in [0.05, 0.1) is 0 Å². The van der Waals surface area contributed by atoms with Crippen molar-refractivity contribution in [3.8, 4) is 0 Å². The Morgan fingerprint density at radius 2 is 1.79 bits per heavy atom. The third-order valence-electron chi connectivity index (χ3n) is 4.14. The summed E-state index contributed by atoms with van der Waals surface area (Å²) in [6.07, 6.45) is 3.68. The van der Waals surface area contributed by atoms with Gasteiger partial charge in [-0.2, -0.15) is 0 Å². The molecule has 1 aromatic heterocycles. The number of para-hydroxylation sites is 1. The number of fused-ring (bicyclic) bond motifs is 1. The van der Waals surface area contributed by atoms with Crippen LogP contribution >= 0.6 is 0 Å². The molecule has 4 heteroatoms. The van der Waals surface area contributed by atoms with Gasteiger partial charge in [-0.05, 0) is 37.0 Å². The Hall–Kier alpha value is -2.75. The van der Waals surface area contributed by atoms with E-state index in [0.29, 0.717) is 13.1 Å². The van der Waals surface area contributed by atoms with Crippen LogP contribution in [0, 0.1) is 6.92 Å². The van der Waals surface area contributed by atoms with Crippen molar-refractivity contribution in [2.24, 2.45) is 0 Å². The van der Waals surface area contributed by atoms with Crippen LogP contribution in [-0.2, 0) is 12.8 Å². The highest BCUT2D eigenvalue weighted by Crippen LogP contribution is 2.17. The molecule has 3 N–H and O–H groups in total. The lowest BCUT2D eigenvalue weighted by Gasteiger charge is -2.08. The molecule has 0 bridgehead atoms. The Morgan fingerprint density at radius 3 is 2.62 bits per heavy atom. The molecule has 124 valence electrons. The lowest BCUT2D eigenvalue weighted by Crippen LogP contribution is -2.37. The van der Waals surface area contributed by atoms with Crippen LogP contribution in [0.15, 0.2) is 54.7 Å². The summed E-state index contributed by atoms with van der Waals surface area (Å²) < 4.78 is 0. The van der Waals surface area contributed by atoms with Crippen molar-refractivity contribution >= 4 is 16.9 Å². The fourth-order valence-electron chi connectivity index (χ4n) is 2.90. The van der Waals surface area contributed by atoms with Gasteiger partial charge in [-0.15, -0.1) is 0 Å². The zero-order chi connectivity index (χ0) is 16.8. The zero-order valence-corrected chi connectivity index (χ0v) is 13.9. The van der Waals surface area contributed by atoms with E-state index >= 15 is 0 Å². The number of aryl methyl sites for hydroxylation is 1. The summed E-state index contributed by atoms with van der Waals surface area (Å²) in [6.45, 7) is 3.34. The Balaban J connectivity index is 1.40. The van der Waals surface area contributed by atoms with Gasteiger partial charge < -0.3 is 15.6 Å². The van der Waals surface area contributed by atoms with Gasteiger partial charge in [-0.3, -0.25) is 0 Å². The molecule has 3 rings (SSSR count). The van der Waals surface area contributed by atoms with E-state index < -0.39 is 0 Å². The van der Waals surface area contributed by atoms with Crippen molar-refractivity contribution in [3.63, 3.8) is 0 Å². The molecular formula is C20H23N3O. The lowest BCUT2D eigenvalue weighted by atomic mass is 10.1. The number of aromatic amines is 1. The standard InChI is InChI=1S/C20H23N3O/c1-15-5-4-6-16(13-15)9-11-21-20(24)22-12-10-17-14-23-19-8-3-2-7-18(17)19/h2-8,13-14,23H,9-12H2,1H3,(H2,21,22,24). The largest absolute Gasteiger partial charge is 0.361 e. The molecule has 2 amide bonds. The van der Waals surface area contributed by atoms with E-state index in [9.17, 15) is 4.79 Å². The summed E-state index contributed by atoms with van der Waals surface area (Å²) in [5.74, 6) is 0. The molecule has 0 atom stereocenters. The lowest BCUT2D eigenvalue weighted by molar-refractivity contribution is 0.241. The van der Waals surface area contributed by atoms with Gasteiger partial charge in [0.1, 0.15) is 0 Å². The topological polar surface area (TPSA) is 56.9 Å². The summed E-state index contributed by atoms with van der Waals surface area (Å²) in [6, 6.07) is 16.5. The number of carbonyl (C=O) groups excluding carboxylic acids is 1. The first-order valence-corrected chi connectivity index (χ1v) is 8.34. The van der Waals surface area contributed by atoms with Crippen molar-refractivity contribution < 1.29 is 4.79 Å². The molecule has 0 saturated carbocycles. The third-order valence-corrected chi connectivity index (χ3v) is 4.14. The maximum Gasteiger partial charge on any atom is 0.314 e. The number of H-pyrrole nitrogens is 1. The molecule has 0 aliphatic heterocycles. The molecule has 0 spiro atoms. The highest BCUT2D eigenvalue weighted by Gasteiger charge is 2.04. The quantitative estimate of drug-likeness (QED) is 0.639. The van der Waals surface area contributed by atoms with Crippen molar-refractivity contribution in [3.05, 3.63) is 71.4 Å². The first-order chi connectivity index (χ1) is 11.7. The van der Waals surface area contributed by atoms with E-state index in [1.165, 1.54) is 22.1 Å². The van der Waals surface area contributed by atoms with E-state index in [2.05, 4.69) is 52.9 Å². The van der Waals surface area contributed by atoms with Crippen LogP contribution in [0.3, 0.4) is 0 Å². The van der Waals surface area contributed by atoms with Gasteiger partial charge in [0, 0.05) is 30.2 Å². The molecule has 0 aliphatic rings. The van der Waals surface area contributed by atoms with Crippen LogP contribution in [0.1, 0.15) is 16.7 Å². The SMILES string of the molecule is Cc1cccc(CCNC(=O)NCCc2c[nH]c3ccccc23)c1. The van der Waals surface area contributed by atoms with Gasteiger partial charge in [-0.25, -0.2) is 4.79 Å². The normalized spacial score (nSPS) is 10.7. The number of benzene rings is 2. The van der Waals surface area contributed by atoms with E-state index in [4.69, 9.17) is 0 Å². The molecule has 1 heterocycles. The Labute approximate surface area is 142 Å². The number of amides is 2. The number of rotatable bonds is 6. The maximum absolute atomic E-state index is 11.9. The first kappa shape index (κ1) is 16.1. The molecule has 24 heavy (non-hydrogen) atoms. The highest BCUT2D eigenvalue weighted by molar-refractivity contribution is 5.83. The number of hydrogen-bond acceptors (Lipinski definition) is 1. The number of aromatic nitrogens is 1. The summed E-state index contributed by atoms with van der Waals surface area (Å²) in [5, 5.41) is 7.05. The van der Waals surface area contributed by atoms with E-state index in [1.54, 1.807) is 0 Å². The van der Waals surface area contributed by atoms with Crippen molar-refractivity contribution in [1.82, 2.24) is 15.6 Å². The Morgan fingerprint density at radius 1 is 1.00 bits per heavy atom. The highest BCUT2D eigenvalue weighted by atomic mass is 16.2. The molecule has 0 radical (unpaired) electrons. The van der Waals surface area contributed by atoms with Crippen molar-refractivity contribution in [1.29, 1.82) is 0 Å². The van der Waals surface area contributed by atoms with Crippen LogP contribution in [0.4, 0.5) is 4.79 Å². The van der Waals surface area contributed by atoms with Gasteiger partial charge >= 0.3 is 6.03 Å². The Bertz CT molecular complexity index is 822. The van der Waals surface area contributed by atoms with E-state index in [-0.39, 0.29) is 6.03 Å². The second-order valence-corrected chi connectivity index (χ2v) is 6.03. The molecule has 0 unspecified atom stereocenters. The minimum atomic E-state index is -0.109. The molecular weight excluding hydrogens is 298 g/mol. The average Bonchev–Trinajstić information content (AvgIpc) is 2.98. The van der Waals surface area contributed by atoms with Crippen LogP contribution in [0.2, 0.25) is 0 Å². The van der Waals surface area contributed by atoms with Crippen LogP contribution < -0.4 is 10.6 Å². The van der Waals surface area contributed by atoms with Crippen molar-refractivity contribution in [2.75, 3.05) is 13.1 Å². The Kier molecular flexibility index (Phi) is 5.16. The summed E-state index contributed by atoms with van der Waals surface area (Å²) in [7, 11) is 0. The molecule has 4 nitrogen and oxygen atoms in total. The second-order valence-electron chi connectivity index (χ2n) is 6.03. The molecule has 2 aromatic carbocycles. The molecule has 0 fully saturated rings. The minimum absolute atomic E-state index is 0.109. The van der Waals surface area contributed by atoms with Gasteiger partial charge in [-0.1, -0.05) is 48.0 Å². The fourth-order valence-corrected chi connectivity index (χ4v) is 2.90. The summed E-state index contributed by atoms with van der Waals surface area (Å²) in [5.41, 5.74) is 4.85. The monoisotopic (exact) mass is 321 g/mol. The van der Waals surface area contributed by atoms with Crippen LogP contribution in [0.5, 0.6) is 0 Å². The minimum Gasteiger partial charge on any atom is -0.361 e. The van der Waals surface area contributed by atoms with Gasteiger partial charge in [0.15, 0.2) is 0 Å². The average molecular weight is 321 g/mol. The van der Waals surface area contributed by atoms with Crippen molar-refractivity contribution in [2.45, 2.75) is 19.8 Å². The number of carbonyl (C=O) groups is 1. The third kappa shape index (κ3) is 4.16. The number of urea groups is 1. The smallest absolute Gasteiger partial charge is 0.314 e. The first-order valence-electron chi connectivity index (χ1n) is 8.34. The predicted octanol–water partition coefficient (Wildman–Crippen LogP) is 3.56. The molecule has 0 aliphatic carbocycles. The van der Waals surface area contributed by atoms with Gasteiger partial charge in [0.25, 0.3) is 0 Å². The maximum atomic E-state index is 11.9. The molecule has 3 aromatic rings. The summed E-state index contributed by atoms with van der Waals surface area (Å²) in [4.78, 5) is 15.1. The van der Waals surface area contributed by atoms with E-state index in [1.807, 2.05) is 24.4 Å². The van der Waals surface area contributed by atoms with Gasteiger partial charge in [0.2, 0.25) is 0 Å². The summed E-state index contributed by atoms with van der Waals surface area (Å²) >= 11 is 0. The number of nitrogens with one attached hydrogen (secondary N) is 3.